The summed E-state index contributed by atoms with van der Waals surface area (Å²) < 4.78 is 36.4. The molecule has 1 aromatic rings. The molecule has 0 spiro atoms. The number of benzene rings is 1. The highest BCUT2D eigenvalue weighted by Gasteiger charge is 2.29. The van der Waals surface area contributed by atoms with Crippen molar-refractivity contribution in [2.24, 2.45) is 0 Å². The number of halogens is 1. The van der Waals surface area contributed by atoms with Crippen molar-refractivity contribution >= 4 is 15.6 Å². The van der Waals surface area contributed by atoms with E-state index >= 15 is 0 Å². The van der Waals surface area contributed by atoms with Crippen molar-refractivity contribution < 1.29 is 17.6 Å². The molecule has 0 bridgehead atoms. The van der Waals surface area contributed by atoms with Crippen LogP contribution in [0.15, 0.2) is 24.3 Å². The molecule has 104 valence electrons. The maximum absolute atomic E-state index is 13.5. The lowest BCUT2D eigenvalue weighted by molar-refractivity contribution is 0.0904. The van der Waals surface area contributed by atoms with Crippen LogP contribution in [0.1, 0.15) is 17.3 Å². The van der Waals surface area contributed by atoms with Crippen molar-refractivity contribution in [2.75, 3.05) is 24.6 Å². The van der Waals surface area contributed by atoms with Gasteiger partial charge in [0.2, 0.25) is 0 Å². The molecule has 1 aliphatic rings. The number of nitrogens with zero attached hydrogens (tertiary/aromatic N) is 1. The fraction of sp³-hybridized carbons (Fsp3) is 0.462. The van der Waals surface area contributed by atoms with Crippen molar-refractivity contribution in [2.45, 2.75) is 13.0 Å². The lowest BCUT2D eigenvalue weighted by Gasteiger charge is -2.32. The molecule has 0 N–H and O–H groups in total. The van der Waals surface area contributed by atoms with E-state index in [-0.39, 0.29) is 35.4 Å². The molecule has 0 saturated carbocycles. The van der Waals surface area contributed by atoms with Gasteiger partial charge in [0.25, 0.3) is 0 Å². The lowest BCUT2D eigenvalue weighted by atomic mass is 10.1. The van der Waals surface area contributed by atoms with Gasteiger partial charge in [-0.05, 0) is 19.1 Å². The summed E-state index contributed by atoms with van der Waals surface area (Å²) in [5, 5.41) is 0. The van der Waals surface area contributed by atoms with Crippen molar-refractivity contribution in [3.05, 3.63) is 35.6 Å². The Balaban J connectivity index is 2.06. The minimum atomic E-state index is -3.00. The van der Waals surface area contributed by atoms with E-state index in [1.54, 1.807) is 17.9 Å². The summed E-state index contributed by atoms with van der Waals surface area (Å²) in [7, 11) is -3.00. The number of hydrogen-bond acceptors (Lipinski definition) is 4. The van der Waals surface area contributed by atoms with Gasteiger partial charge in [-0.25, -0.2) is 12.8 Å². The zero-order valence-corrected chi connectivity index (χ0v) is 11.5. The van der Waals surface area contributed by atoms with Crippen molar-refractivity contribution in [3.63, 3.8) is 0 Å². The Morgan fingerprint density at radius 1 is 1.42 bits per heavy atom. The highest BCUT2D eigenvalue weighted by Crippen LogP contribution is 2.14. The molecule has 19 heavy (non-hydrogen) atoms. The van der Waals surface area contributed by atoms with Crippen molar-refractivity contribution in [1.82, 2.24) is 4.90 Å². The van der Waals surface area contributed by atoms with Crippen molar-refractivity contribution in [1.29, 1.82) is 0 Å². The molecule has 4 nitrogen and oxygen atoms in total. The fourth-order valence-corrected chi connectivity index (χ4v) is 3.85. The largest absolute Gasteiger partial charge is 0.293 e. The van der Waals surface area contributed by atoms with E-state index in [1.807, 2.05) is 0 Å². The summed E-state index contributed by atoms with van der Waals surface area (Å²) in [5.74, 6) is -0.742. The lowest BCUT2D eigenvalue weighted by Crippen LogP contribution is -2.48. The summed E-state index contributed by atoms with van der Waals surface area (Å²) in [4.78, 5) is 13.8. The summed E-state index contributed by atoms with van der Waals surface area (Å²) in [6.07, 6.45) is 0. The minimum Gasteiger partial charge on any atom is -0.293 e. The molecule has 0 amide bonds. The third-order valence-electron chi connectivity index (χ3n) is 3.33. The van der Waals surface area contributed by atoms with E-state index in [0.717, 1.165) is 0 Å². The third kappa shape index (κ3) is 3.39. The quantitative estimate of drug-likeness (QED) is 0.781. The standard InChI is InChI=1S/C13H16FNO3S/c1-10-9-19(17,18)7-6-15(10)8-13(16)11-4-2-3-5-12(11)14/h2-5,10H,6-9H2,1H3. The second kappa shape index (κ2) is 5.38. The first kappa shape index (κ1) is 14.1. The van der Waals surface area contributed by atoms with Crippen LogP contribution in [0.2, 0.25) is 0 Å². The highest BCUT2D eigenvalue weighted by atomic mass is 32.2. The Hall–Kier alpha value is -1.27. The maximum Gasteiger partial charge on any atom is 0.179 e. The first-order valence-corrected chi connectivity index (χ1v) is 7.93. The van der Waals surface area contributed by atoms with E-state index in [0.29, 0.717) is 6.54 Å². The number of rotatable bonds is 3. The molecule has 2 rings (SSSR count). The van der Waals surface area contributed by atoms with Crippen LogP contribution in [0, 0.1) is 5.82 Å². The van der Waals surface area contributed by atoms with Crippen LogP contribution in [-0.4, -0.2) is 49.7 Å². The summed E-state index contributed by atoms with van der Waals surface area (Å²) in [6, 6.07) is 5.62. The molecule has 0 aromatic heterocycles. The van der Waals surface area contributed by atoms with E-state index in [4.69, 9.17) is 0 Å². The SMILES string of the molecule is CC1CS(=O)(=O)CCN1CC(=O)c1ccccc1F. The third-order valence-corrected chi connectivity index (χ3v) is 5.12. The van der Waals surface area contributed by atoms with E-state index in [2.05, 4.69) is 0 Å². The second-order valence-corrected chi connectivity index (χ2v) is 7.07. The van der Waals surface area contributed by atoms with Gasteiger partial charge in [-0.15, -0.1) is 0 Å². The van der Waals surface area contributed by atoms with Gasteiger partial charge in [0.05, 0.1) is 23.6 Å². The van der Waals surface area contributed by atoms with Gasteiger partial charge < -0.3 is 0 Å². The summed E-state index contributed by atoms with van der Waals surface area (Å²) in [6.45, 7) is 2.15. The fourth-order valence-electron chi connectivity index (χ4n) is 2.22. The zero-order chi connectivity index (χ0) is 14.0. The van der Waals surface area contributed by atoms with Gasteiger partial charge in [0.15, 0.2) is 15.6 Å². The van der Waals surface area contributed by atoms with Gasteiger partial charge >= 0.3 is 0 Å². The topological polar surface area (TPSA) is 54.5 Å². The molecule has 6 heteroatoms. The van der Waals surface area contributed by atoms with Crippen LogP contribution in [-0.2, 0) is 9.84 Å². The monoisotopic (exact) mass is 285 g/mol. The van der Waals surface area contributed by atoms with Crippen LogP contribution in [0.3, 0.4) is 0 Å². The Labute approximate surface area is 112 Å². The Bertz CT molecular complexity index is 585. The van der Waals surface area contributed by atoms with Gasteiger partial charge in [-0.1, -0.05) is 12.1 Å². The molecule has 1 saturated heterocycles. The number of carbonyl (C=O) groups excluding carboxylic acids is 1. The highest BCUT2D eigenvalue weighted by molar-refractivity contribution is 7.91. The predicted molar refractivity (Wildman–Crippen MR) is 70.4 cm³/mol. The molecule has 1 atom stereocenters. The Morgan fingerprint density at radius 2 is 2.11 bits per heavy atom. The molecule has 1 aromatic carbocycles. The molecule has 1 fully saturated rings. The van der Waals surface area contributed by atoms with Gasteiger partial charge in [-0.2, -0.15) is 0 Å². The molecule has 0 radical (unpaired) electrons. The molecule has 1 heterocycles. The van der Waals surface area contributed by atoms with Crippen LogP contribution < -0.4 is 0 Å². The Morgan fingerprint density at radius 3 is 2.74 bits per heavy atom. The normalized spacial score (nSPS) is 23.2. The van der Waals surface area contributed by atoms with Crippen LogP contribution in [0.5, 0.6) is 0 Å². The number of Topliss-reactive ketones (excluding diaryl/α,β-unsaturated/α-hetero) is 1. The Kier molecular flexibility index (Phi) is 4.01. The number of sulfone groups is 1. The smallest absolute Gasteiger partial charge is 0.179 e. The van der Waals surface area contributed by atoms with E-state index in [9.17, 15) is 17.6 Å². The number of hydrogen-bond donors (Lipinski definition) is 0. The number of carbonyl (C=O) groups is 1. The second-order valence-electron chi connectivity index (χ2n) is 4.84. The van der Waals surface area contributed by atoms with E-state index < -0.39 is 15.7 Å². The molecule has 0 aliphatic carbocycles. The predicted octanol–water partition coefficient (Wildman–Crippen LogP) is 1.13. The summed E-state index contributed by atoms with van der Waals surface area (Å²) in [5.41, 5.74) is 0.0585. The zero-order valence-electron chi connectivity index (χ0n) is 10.7. The van der Waals surface area contributed by atoms with E-state index in [1.165, 1.54) is 18.2 Å². The van der Waals surface area contributed by atoms with Crippen LogP contribution in [0.25, 0.3) is 0 Å². The first-order chi connectivity index (χ1) is 8.89. The molecule has 1 aliphatic heterocycles. The van der Waals surface area contributed by atoms with Gasteiger partial charge in [-0.3, -0.25) is 9.69 Å². The molecule has 1 unspecified atom stereocenters. The van der Waals surface area contributed by atoms with Gasteiger partial charge in [0.1, 0.15) is 5.82 Å². The average Bonchev–Trinajstić information content (AvgIpc) is 2.32. The minimum absolute atomic E-state index is 0.0531. The summed E-state index contributed by atoms with van der Waals surface area (Å²) >= 11 is 0. The van der Waals surface area contributed by atoms with Crippen LogP contribution >= 0.6 is 0 Å². The van der Waals surface area contributed by atoms with Crippen LogP contribution in [0.4, 0.5) is 4.39 Å². The van der Waals surface area contributed by atoms with Gasteiger partial charge in [0, 0.05) is 12.6 Å². The first-order valence-electron chi connectivity index (χ1n) is 6.11. The average molecular weight is 285 g/mol. The number of ketones is 1. The van der Waals surface area contributed by atoms with Crippen molar-refractivity contribution in [3.8, 4) is 0 Å². The maximum atomic E-state index is 13.5. The molecular formula is C13H16FNO3S. The molecular weight excluding hydrogens is 269 g/mol.